The van der Waals surface area contributed by atoms with Gasteiger partial charge in [0.1, 0.15) is 5.76 Å². The number of nitrogens with zero attached hydrogens (tertiary/aromatic N) is 2. The van der Waals surface area contributed by atoms with Crippen molar-refractivity contribution in [1.29, 1.82) is 0 Å². The lowest BCUT2D eigenvalue weighted by atomic mass is 10.0. The van der Waals surface area contributed by atoms with Crippen LogP contribution in [0, 0.1) is 5.92 Å². The van der Waals surface area contributed by atoms with Gasteiger partial charge in [-0.15, -0.1) is 24.0 Å². The Balaban J connectivity index is 0.00000441. The molecule has 0 aliphatic carbocycles. The SMILES string of the molecule is CCC(CC)CNC(=NC)NCC(c1ccco1)N(C)C.I. The van der Waals surface area contributed by atoms with Crippen LogP contribution in [0.1, 0.15) is 38.5 Å². The molecule has 1 aromatic heterocycles. The summed E-state index contributed by atoms with van der Waals surface area (Å²) in [4.78, 5) is 6.43. The van der Waals surface area contributed by atoms with Crippen LogP contribution in [-0.2, 0) is 0 Å². The monoisotopic (exact) mass is 422 g/mol. The average Bonchev–Trinajstić information content (AvgIpc) is 2.99. The molecular formula is C16H31IN4O. The van der Waals surface area contributed by atoms with E-state index in [9.17, 15) is 0 Å². The molecule has 1 rings (SSSR count). The van der Waals surface area contributed by atoms with E-state index in [2.05, 4.69) is 48.5 Å². The molecule has 0 aliphatic heterocycles. The fourth-order valence-electron chi connectivity index (χ4n) is 2.25. The molecule has 0 saturated carbocycles. The molecule has 0 spiro atoms. The number of rotatable bonds is 8. The van der Waals surface area contributed by atoms with Crippen LogP contribution in [0.5, 0.6) is 0 Å². The number of hydrogen-bond donors (Lipinski definition) is 2. The van der Waals surface area contributed by atoms with Gasteiger partial charge in [-0.3, -0.25) is 9.89 Å². The molecule has 2 N–H and O–H groups in total. The van der Waals surface area contributed by atoms with E-state index in [4.69, 9.17) is 4.42 Å². The molecule has 5 nitrogen and oxygen atoms in total. The lowest BCUT2D eigenvalue weighted by Gasteiger charge is -2.24. The number of guanidine groups is 1. The number of nitrogens with one attached hydrogen (secondary N) is 2. The van der Waals surface area contributed by atoms with Crippen molar-refractivity contribution in [2.24, 2.45) is 10.9 Å². The summed E-state index contributed by atoms with van der Waals surface area (Å²) in [6.45, 7) is 6.17. The molecule has 0 saturated heterocycles. The maximum absolute atomic E-state index is 5.51. The van der Waals surface area contributed by atoms with Crippen LogP contribution in [0.4, 0.5) is 0 Å². The molecule has 0 radical (unpaired) electrons. The zero-order valence-corrected chi connectivity index (χ0v) is 16.8. The minimum atomic E-state index is 0. The Morgan fingerprint density at radius 2 is 1.86 bits per heavy atom. The summed E-state index contributed by atoms with van der Waals surface area (Å²) >= 11 is 0. The Morgan fingerprint density at radius 3 is 2.32 bits per heavy atom. The highest BCUT2D eigenvalue weighted by atomic mass is 127. The van der Waals surface area contributed by atoms with E-state index >= 15 is 0 Å². The highest BCUT2D eigenvalue weighted by molar-refractivity contribution is 14.0. The van der Waals surface area contributed by atoms with Gasteiger partial charge in [0, 0.05) is 20.1 Å². The van der Waals surface area contributed by atoms with Gasteiger partial charge in [0.2, 0.25) is 0 Å². The molecule has 6 heteroatoms. The average molecular weight is 422 g/mol. The summed E-state index contributed by atoms with van der Waals surface area (Å²) in [6, 6.07) is 4.12. The third-order valence-electron chi connectivity index (χ3n) is 3.89. The molecule has 128 valence electrons. The normalized spacial score (nSPS) is 13.1. The minimum Gasteiger partial charge on any atom is -0.468 e. The maximum Gasteiger partial charge on any atom is 0.191 e. The summed E-state index contributed by atoms with van der Waals surface area (Å²) in [6.07, 6.45) is 4.09. The Bertz CT molecular complexity index is 402. The van der Waals surface area contributed by atoms with E-state index in [0.717, 1.165) is 24.8 Å². The van der Waals surface area contributed by atoms with Gasteiger partial charge in [0.15, 0.2) is 5.96 Å². The Morgan fingerprint density at radius 1 is 1.23 bits per heavy atom. The minimum absolute atomic E-state index is 0. The molecule has 0 amide bonds. The molecule has 1 heterocycles. The summed E-state index contributed by atoms with van der Waals surface area (Å²) in [5.74, 6) is 2.50. The topological polar surface area (TPSA) is 52.8 Å². The van der Waals surface area contributed by atoms with Gasteiger partial charge in [-0.1, -0.05) is 26.7 Å². The fourth-order valence-corrected chi connectivity index (χ4v) is 2.25. The first kappa shape index (κ1) is 21.2. The van der Waals surface area contributed by atoms with Crippen LogP contribution in [0.15, 0.2) is 27.8 Å². The van der Waals surface area contributed by atoms with Crippen molar-refractivity contribution in [3.63, 3.8) is 0 Å². The highest BCUT2D eigenvalue weighted by Crippen LogP contribution is 2.17. The van der Waals surface area contributed by atoms with Gasteiger partial charge in [-0.2, -0.15) is 0 Å². The Hall–Kier alpha value is -0.760. The lowest BCUT2D eigenvalue weighted by molar-refractivity contribution is 0.258. The van der Waals surface area contributed by atoms with Gasteiger partial charge < -0.3 is 15.1 Å². The molecule has 0 aliphatic rings. The van der Waals surface area contributed by atoms with E-state index in [-0.39, 0.29) is 30.0 Å². The Kier molecular flexibility index (Phi) is 11.4. The number of halogens is 1. The molecule has 1 atom stereocenters. The van der Waals surface area contributed by atoms with E-state index in [1.807, 2.05) is 12.1 Å². The standard InChI is InChI=1S/C16H30N4O.HI/c1-6-13(7-2)11-18-16(17-3)19-12-14(20(4)5)15-9-8-10-21-15;/h8-10,13-14H,6-7,11-12H2,1-5H3,(H2,17,18,19);1H. The summed E-state index contributed by atoms with van der Waals surface area (Å²) in [5, 5.41) is 6.78. The van der Waals surface area contributed by atoms with Crippen LogP contribution in [-0.4, -0.2) is 45.1 Å². The van der Waals surface area contributed by atoms with Gasteiger partial charge in [-0.25, -0.2) is 0 Å². The number of aliphatic imine (C=N–C) groups is 1. The van der Waals surface area contributed by atoms with E-state index in [1.54, 1.807) is 13.3 Å². The van der Waals surface area contributed by atoms with Crippen LogP contribution >= 0.6 is 24.0 Å². The third-order valence-corrected chi connectivity index (χ3v) is 3.89. The predicted molar refractivity (Wildman–Crippen MR) is 104 cm³/mol. The van der Waals surface area contributed by atoms with Crippen molar-refractivity contribution >= 4 is 29.9 Å². The third kappa shape index (κ3) is 7.00. The van der Waals surface area contributed by atoms with Crippen LogP contribution < -0.4 is 10.6 Å². The Labute approximate surface area is 152 Å². The van der Waals surface area contributed by atoms with Crippen LogP contribution in [0.3, 0.4) is 0 Å². The lowest BCUT2D eigenvalue weighted by Crippen LogP contribution is -2.43. The molecule has 0 bridgehead atoms. The first-order chi connectivity index (χ1) is 10.1. The van der Waals surface area contributed by atoms with Crippen molar-refractivity contribution in [3.05, 3.63) is 24.2 Å². The van der Waals surface area contributed by atoms with Gasteiger partial charge in [0.25, 0.3) is 0 Å². The molecule has 0 fully saturated rings. The second kappa shape index (κ2) is 11.8. The first-order valence-corrected chi connectivity index (χ1v) is 7.76. The van der Waals surface area contributed by atoms with E-state index in [0.29, 0.717) is 5.92 Å². The first-order valence-electron chi connectivity index (χ1n) is 7.76. The number of furan rings is 1. The van der Waals surface area contributed by atoms with Crippen molar-refractivity contribution < 1.29 is 4.42 Å². The second-order valence-electron chi connectivity index (χ2n) is 5.51. The second-order valence-corrected chi connectivity index (χ2v) is 5.51. The van der Waals surface area contributed by atoms with Crippen LogP contribution in [0.2, 0.25) is 0 Å². The van der Waals surface area contributed by atoms with E-state index in [1.165, 1.54) is 12.8 Å². The molecule has 22 heavy (non-hydrogen) atoms. The van der Waals surface area contributed by atoms with Crippen molar-refractivity contribution in [3.8, 4) is 0 Å². The van der Waals surface area contributed by atoms with Gasteiger partial charge in [-0.05, 0) is 32.1 Å². The maximum atomic E-state index is 5.51. The zero-order chi connectivity index (χ0) is 15.7. The van der Waals surface area contributed by atoms with Gasteiger partial charge >= 0.3 is 0 Å². The predicted octanol–water partition coefficient (Wildman–Crippen LogP) is 3.10. The molecule has 1 aromatic rings. The molecular weight excluding hydrogens is 391 g/mol. The van der Waals surface area contributed by atoms with Crippen LogP contribution in [0.25, 0.3) is 0 Å². The van der Waals surface area contributed by atoms with Crippen molar-refractivity contribution in [2.45, 2.75) is 32.7 Å². The highest BCUT2D eigenvalue weighted by Gasteiger charge is 2.17. The number of hydrogen-bond acceptors (Lipinski definition) is 3. The summed E-state index contributed by atoms with van der Waals surface area (Å²) in [7, 11) is 5.91. The van der Waals surface area contributed by atoms with Crippen molar-refractivity contribution in [2.75, 3.05) is 34.2 Å². The zero-order valence-electron chi connectivity index (χ0n) is 14.4. The summed E-state index contributed by atoms with van der Waals surface area (Å²) in [5.41, 5.74) is 0. The smallest absolute Gasteiger partial charge is 0.191 e. The van der Waals surface area contributed by atoms with E-state index < -0.39 is 0 Å². The molecule has 1 unspecified atom stereocenters. The fraction of sp³-hybridized carbons (Fsp3) is 0.688. The largest absolute Gasteiger partial charge is 0.468 e. The van der Waals surface area contributed by atoms with Crippen molar-refractivity contribution in [1.82, 2.24) is 15.5 Å². The number of likely N-dealkylation sites (N-methyl/N-ethyl adjacent to an activating group) is 1. The quantitative estimate of drug-likeness (QED) is 0.384. The molecule has 0 aromatic carbocycles. The summed E-state index contributed by atoms with van der Waals surface area (Å²) < 4.78 is 5.51. The van der Waals surface area contributed by atoms with Gasteiger partial charge in [0.05, 0.1) is 12.3 Å².